The highest BCUT2D eigenvalue weighted by Crippen LogP contribution is 2.37. The third kappa shape index (κ3) is 2.27. The topological polar surface area (TPSA) is 0 Å². The van der Waals surface area contributed by atoms with Crippen molar-refractivity contribution in [1.29, 1.82) is 0 Å². The summed E-state index contributed by atoms with van der Waals surface area (Å²) in [5.41, 5.74) is 3.65. The predicted octanol–water partition coefficient (Wildman–Crippen LogP) is 5.35. The van der Waals surface area contributed by atoms with E-state index in [0.717, 1.165) is 15.5 Å². The van der Waals surface area contributed by atoms with Crippen molar-refractivity contribution in [2.24, 2.45) is 0 Å². The third-order valence-corrected chi connectivity index (χ3v) is 4.72. The Morgan fingerprint density at radius 1 is 1.12 bits per heavy atom. The van der Waals surface area contributed by atoms with Crippen LogP contribution in [0.1, 0.15) is 26.9 Å². The lowest BCUT2D eigenvalue weighted by Crippen LogP contribution is -1.93. The quantitative estimate of drug-likeness (QED) is 0.646. The molecule has 3 heteroatoms. The molecule has 1 unspecified atom stereocenters. The first-order valence-corrected chi connectivity index (χ1v) is 6.73. The molecule has 0 aliphatic rings. The van der Waals surface area contributed by atoms with Crippen molar-refractivity contribution in [3.8, 4) is 0 Å². The van der Waals surface area contributed by atoms with Crippen molar-refractivity contribution < 1.29 is 0 Å². The number of halogens is 2. The van der Waals surface area contributed by atoms with Gasteiger partial charge in [0.25, 0.3) is 0 Å². The van der Waals surface area contributed by atoms with Crippen LogP contribution in [0.3, 0.4) is 0 Å². The highest BCUT2D eigenvalue weighted by Gasteiger charge is 2.15. The third-order valence-electron chi connectivity index (χ3n) is 2.70. The molecule has 0 aliphatic heterocycles. The maximum atomic E-state index is 6.43. The molecular formula is C13H12Cl2S. The summed E-state index contributed by atoms with van der Waals surface area (Å²) in [4.78, 5) is 1.02. The summed E-state index contributed by atoms with van der Waals surface area (Å²) in [5.74, 6) is 0. The summed E-state index contributed by atoms with van der Waals surface area (Å²) in [6.45, 7) is 4.19. The molecule has 1 heterocycles. The van der Waals surface area contributed by atoms with Gasteiger partial charge < -0.3 is 0 Å². The monoisotopic (exact) mass is 270 g/mol. The van der Waals surface area contributed by atoms with Gasteiger partial charge in [0.1, 0.15) is 0 Å². The zero-order valence-corrected chi connectivity index (χ0v) is 11.5. The van der Waals surface area contributed by atoms with E-state index in [1.165, 1.54) is 11.1 Å². The van der Waals surface area contributed by atoms with Crippen LogP contribution in [0, 0.1) is 13.8 Å². The van der Waals surface area contributed by atoms with E-state index in [-0.39, 0.29) is 5.38 Å². The van der Waals surface area contributed by atoms with Crippen LogP contribution >= 0.6 is 34.5 Å². The summed E-state index contributed by atoms with van der Waals surface area (Å²) in [5, 5.41) is 2.57. The summed E-state index contributed by atoms with van der Waals surface area (Å²) >= 11 is 14.1. The van der Waals surface area contributed by atoms with E-state index in [1.54, 1.807) is 11.3 Å². The molecule has 1 aromatic carbocycles. The van der Waals surface area contributed by atoms with Crippen molar-refractivity contribution in [2.45, 2.75) is 19.2 Å². The van der Waals surface area contributed by atoms with Gasteiger partial charge in [0.15, 0.2) is 0 Å². The number of rotatable bonds is 2. The Morgan fingerprint density at radius 3 is 2.44 bits per heavy atom. The van der Waals surface area contributed by atoms with Gasteiger partial charge in [-0.1, -0.05) is 29.8 Å². The molecule has 2 rings (SSSR count). The first kappa shape index (κ1) is 12.0. The Bertz CT molecular complexity index is 502. The molecule has 0 nitrogen and oxygen atoms in total. The normalized spacial score (nSPS) is 12.8. The van der Waals surface area contributed by atoms with E-state index in [1.807, 2.05) is 11.4 Å². The minimum Gasteiger partial charge on any atom is -0.145 e. The largest absolute Gasteiger partial charge is 0.145 e. The average Bonchev–Trinajstić information content (AvgIpc) is 2.67. The molecule has 0 spiro atoms. The highest BCUT2D eigenvalue weighted by molar-refractivity contribution is 7.11. The van der Waals surface area contributed by atoms with Gasteiger partial charge in [-0.15, -0.1) is 22.9 Å². The van der Waals surface area contributed by atoms with E-state index in [9.17, 15) is 0 Å². The van der Waals surface area contributed by atoms with Crippen LogP contribution < -0.4 is 0 Å². The average molecular weight is 271 g/mol. The molecule has 0 fully saturated rings. The molecule has 16 heavy (non-hydrogen) atoms. The van der Waals surface area contributed by atoms with Crippen molar-refractivity contribution in [2.75, 3.05) is 0 Å². The van der Waals surface area contributed by atoms with Crippen molar-refractivity contribution >= 4 is 34.5 Å². The molecule has 2 aromatic rings. The molecule has 0 bridgehead atoms. The molecule has 0 aliphatic carbocycles. The van der Waals surface area contributed by atoms with Gasteiger partial charge in [-0.2, -0.15) is 0 Å². The van der Waals surface area contributed by atoms with Gasteiger partial charge in [0, 0.05) is 4.88 Å². The number of hydrogen-bond acceptors (Lipinski definition) is 1. The smallest absolute Gasteiger partial charge is 0.0942 e. The van der Waals surface area contributed by atoms with E-state index in [4.69, 9.17) is 23.2 Å². The first-order chi connectivity index (χ1) is 7.59. The Balaban J connectivity index is 2.38. The standard InChI is InChI=1S/C13H12Cl2S/c1-8-3-4-10(7-9(8)2)12(15)13-11(14)5-6-16-13/h3-7,12H,1-2H3. The Hall–Kier alpha value is -0.500. The van der Waals surface area contributed by atoms with Crippen molar-refractivity contribution in [3.63, 3.8) is 0 Å². The van der Waals surface area contributed by atoms with Gasteiger partial charge in [-0.3, -0.25) is 0 Å². The lowest BCUT2D eigenvalue weighted by molar-refractivity contribution is 1.16. The van der Waals surface area contributed by atoms with Crippen LogP contribution in [0.4, 0.5) is 0 Å². The van der Waals surface area contributed by atoms with Crippen molar-refractivity contribution in [3.05, 3.63) is 56.2 Å². The van der Waals surface area contributed by atoms with Gasteiger partial charge in [0.05, 0.1) is 10.4 Å². The maximum absolute atomic E-state index is 6.43. The first-order valence-electron chi connectivity index (χ1n) is 5.03. The second-order valence-electron chi connectivity index (χ2n) is 3.84. The number of aryl methyl sites for hydroxylation is 2. The fraction of sp³-hybridized carbons (Fsp3) is 0.231. The minimum absolute atomic E-state index is 0.146. The summed E-state index contributed by atoms with van der Waals surface area (Å²) < 4.78 is 0. The Labute approximate surface area is 110 Å². The molecular weight excluding hydrogens is 259 g/mol. The molecule has 0 radical (unpaired) electrons. The lowest BCUT2D eigenvalue weighted by Gasteiger charge is -2.10. The predicted molar refractivity (Wildman–Crippen MR) is 72.9 cm³/mol. The van der Waals surface area contributed by atoms with E-state index >= 15 is 0 Å². The number of benzene rings is 1. The molecule has 0 amide bonds. The Kier molecular flexibility index (Phi) is 3.58. The van der Waals surface area contributed by atoms with Gasteiger partial charge >= 0.3 is 0 Å². The van der Waals surface area contributed by atoms with Crippen LogP contribution in [0.5, 0.6) is 0 Å². The number of alkyl halides is 1. The fourth-order valence-electron chi connectivity index (χ4n) is 1.56. The number of thiophene rings is 1. The SMILES string of the molecule is Cc1ccc(C(Cl)c2sccc2Cl)cc1C. The Morgan fingerprint density at radius 2 is 1.88 bits per heavy atom. The van der Waals surface area contributed by atoms with Crippen LogP contribution in [0.2, 0.25) is 5.02 Å². The fourth-order valence-corrected chi connectivity index (χ4v) is 3.19. The van der Waals surface area contributed by atoms with E-state index < -0.39 is 0 Å². The van der Waals surface area contributed by atoms with Gasteiger partial charge in [0.2, 0.25) is 0 Å². The number of hydrogen-bond donors (Lipinski definition) is 0. The second kappa shape index (κ2) is 4.79. The summed E-state index contributed by atoms with van der Waals surface area (Å²) in [6.07, 6.45) is 0. The molecule has 0 N–H and O–H groups in total. The molecule has 1 atom stereocenters. The van der Waals surface area contributed by atoms with E-state index in [2.05, 4.69) is 32.0 Å². The van der Waals surface area contributed by atoms with Crippen LogP contribution in [0.25, 0.3) is 0 Å². The van der Waals surface area contributed by atoms with Crippen LogP contribution in [-0.2, 0) is 0 Å². The summed E-state index contributed by atoms with van der Waals surface area (Å²) in [7, 11) is 0. The van der Waals surface area contributed by atoms with Gasteiger partial charge in [-0.25, -0.2) is 0 Å². The lowest BCUT2D eigenvalue weighted by atomic mass is 10.0. The second-order valence-corrected chi connectivity index (χ2v) is 5.63. The molecule has 0 saturated heterocycles. The highest BCUT2D eigenvalue weighted by atomic mass is 35.5. The molecule has 84 valence electrons. The van der Waals surface area contributed by atoms with E-state index in [0.29, 0.717) is 0 Å². The maximum Gasteiger partial charge on any atom is 0.0942 e. The summed E-state index contributed by atoms with van der Waals surface area (Å²) in [6, 6.07) is 8.18. The van der Waals surface area contributed by atoms with Crippen LogP contribution in [-0.4, -0.2) is 0 Å². The zero-order valence-electron chi connectivity index (χ0n) is 9.13. The zero-order chi connectivity index (χ0) is 11.7. The van der Waals surface area contributed by atoms with Crippen LogP contribution in [0.15, 0.2) is 29.6 Å². The molecule has 1 aromatic heterocycles. The minimum atomic E-state index is -0.146. The molecule has 0 saturated carbocycles. The van der Waals surface area contributed by atoms with Gasteiger partial charge in [-0.05, 0) is 42.0 Å². The van der Waals surface area contributed by atoms with Crippen molar-refractivity contribution in [1.82, 2.24) is 0 Å².